The van der Waals surface area contributed by atoms with E-state index in [0.717, 1.165) is 5.56 Å². The second-order valence-corrected chi connectivity index (χ2v) is 5.45. The third kappa shape index (κ3) is 4.59. The van der Waals surface area contributed by atoms with Gasteiger partial charge in [-0.1, -0.05) is 13.0 Å². The minimum absolute atomic E-state index is 0.213. The third-order valence-electron chi connectivity index (χ3n) is 2.97. The highest BCUT2D eigenvalue weighted by Crippen LogP contribution is 2.19. The Balaban J connectivity index is 2.73. The van der Waals surface area contributed by atoms with Crippen molar-refractivity contribution in [3.8, 4) is 0 Å². The molecule has 0 heterocycles. The Hall–Kier alpha value is -1.43. The minimum atomic E-state index is -1.03. The van der Waals surface area contributed by atoms with Crippen LogP contribution in [0.15, 0.2) is 22.7 Å². The fourth-order valence-electron chi connectivity index (χ4n) is 1.93. The van der Waals surface area contributed by atoms with Crippen molar-refractivity contribution in [1.82, 2.24) is 4.90 Å². The second kappa shape index (κ2) is 7.38. The Labute approximate surface area is 125 Å². The van der Waals surface area contributed by atoms with Crippen LogP contribution in [0.3, 0.4) is 0 Å². The molecule has 0 aliphatic carbocycles. The van der Waals surface area contributed by atoms with Gasteiger partial charge < -0.3 is 10.0 Å². The van der Waals surface area contributed by atoms with Gasteiger partial charge in [-0.25, -0.2) is 4.39 Å². The van der Waals surface area contributed by atoms with Crippen LogP contribution in [-0.4, -0.2) is 35.0 Å². The summed E-state index contributed by atoms with van der Waals surface area (Å²) < 4.78 is 13.5. The first kappa shape index (κ1) is 16.6. The molecule has 0 saturated carbocycles. The van der Waals surface area contributed by atoms with Crippen LogP contribution < -0.4 is 0 Å². The normalized spacial score (nSPS) is 12.0. The van der Waals surface area contributed by atoms with Gasteiger partial charge >= 0.3 is 5.97 Å². The zero-order chi connectivity index (χ0) is 15.3. The maximum Gasteiger partial charge on any atom is 0.323 e. The number of carboxylic acid groups (broad SMARTS) is 1. The van der Waals surface area contributed by atoms with Crippen molar-refractivity contribution in [2.45, 2.75) is 20.3 Å². The van der Waals surface area contributed by atoms with Crippen molar-refractivity contribution in [3.63, 3.8) is 0 Å². The first-order valence-electron chi connectivity index (χ1n) is 6.29. The molecule has 6 heteroatoms. The Bertz CT molecular complexity index is 507. The molecule has 1 aromatic carbocycles. The smallest absolute Gasteiger partial charge is 0.323 e. The highest BCUT2D eigenvalue weighted by atomic mass is 79.9. The minimum Gasteiger partial charge on any atom is -0.480 e. The summed E-state index contributed by atoms with van der Waals surface area (Å²) in [7, 11) is 0. The van der Waals surface area contributed by atoms with Crippen LogP contribution in [0, 0.1) is 11.7 Å². The number of hydrogen-bond donors (Lipinski definition) is 1. The van der Waals surface area contributed by atoms with Crippen LogP contribution in [0.4, 0.5) is 4.39 Å². The van der Waals surface area contributed by atoms with Gasteiger partial charge in [-0.05, 0) is 47.0 Å². The lowest BCUT2D eigenvalue weighted by Gasteiger charge is -2.22. The predicted molar refractivity (Wildman–Crippen MR) is 76.9 cm³/mol. The number of nitrogens with zero attached hydrogens (tertiary/aromatic N) is 1. The van der Waals surface area contributed by atoms with E-state index < -0.39 is 5.97 Å². The molecule has 4 nitrogen and oxygen atoms in total. The predicted octanol–water partition coefficient (Wildman–Crippen LogP) is 2.70. The van der Waals surface area contributed by atoms with E-state index in [-0.39, 0.29) is 24.2 Å². The molecule has 0 fully saturated rings. The lowest BCUT2D eigenvalue weighted by molar-refractivity contribution is -0.145. The summed E-state index contributed by atoms with van der Waals surface area (Å²) in [4.78, 5) is 24.1. The zero-order valence-electron chi connectivity index (χ0n) is 11.4. The number of amides is 1. The van der Waals surface area contributed by atoms with Gasteiger partial charge in [0.15, 0.2) is 0 Å². The molecule has 0 saturated heterocycles. The summed E-state index contributed by atoms with van der Waals surface area (Å²) in [5.41, 5.74) is 0.825. The standard InChI is InChI=1S/C14H17BrFNO3/c1-3-17(8-13(18)19)14(20)9(2)6-10-4-5-12(16)11(15)7-10/h4-5,7,9H,3,6,8H2,1-2H3,(H,18,19). The third-order valence-corrected chi connectivity index (χ3v) is 3.57. The fourth-order valence-corrected chi connectivity index (χ4v) is 2.35. The molecule has 0 radical (unpaired) electrons. The number of carbonyl (C=O) groups excluding carboxylic acids is 1. The Morgan fingerprint density at radius 1 is 1.45 bits per heavy atom. The lowest BCUT2D eigenvalue weighted by atomic mass is 9.99. The van der Waals surface area contributed by atoms with Crippen LogP contribution in [0.5, 0.6) is 0 Å². The van der Waals surface area contributed by atoms with Crippen LogP contribution >= 0.6 is 15.9 Å². The molecule has 0 bridgehead atoms. The van der Waals surface area contributed by atoms with Crippen molar-refractivity contribution in [2.24, 2.45) is 5.92 Å². The number of likely N-dealkylation sites (N-methyl/N-ethyl adjacent to an activating group) is 1. The summed E-state index contributed by atoms with van der Waals surface area (Å²) in [6, 6.07) is 4.59. The maximum atomic E-state index is 13.1. The molecule has 0 spiro atoms. The molecule has 20 heavy (non-hydrogen) atoms. The van der Waals surface area contributed by atoms with Crippen molar-refractivity contribution in [2.75, 3.05) is 13.1 Å². The number of carboxylic acids is 1. The highest BCUT2D eigenvalue weighted by molar-refractivity contribution is 9.10. The van der Waals surface area contributed by atoms with Gasteiger partial charge in [0.1, 0.15) is 12.4 Å². The molecule has 0 aliphatic rings. The SMILES string of the molecule is CCN(CC(=O)O)C(=O)C(C)Cc1ccc(F)c(Br)c1. The summed E-state index contributed by atoms with van der Waals surface area (Å²) >= 11 is 3.10. The summed E-state index contributed by atoms with van der Waals surface area (Å²) in [6.45, 7) is 3.53. The number of benzene rings is 1. The van der Waals surface area contributed by atoms with E-state index in [2.05, 4.69) is 15.9 Å². The zero-order valence-corrected chi connectivity index (χ0v) is 13.0. The van der Waals surface area contributed by atoms with E-state index in [1.54, 1.807) is 26.0 Å². The first-order chi connectivity index (χ1) is 9.35. The van der Waals surface area contributed by atoms with Gasteiger partial charge in [-0.2, -0.15) is 0 Å². The first-order valence-corrected chi connectivity index (χ1v) is 7.09. The van der Waals surface area contributed by atoms with Crippen LogP contribution in [0.25, 0.3) is 0 Å². The molecule has 1 rings (SSSR count). The van der Waals surface area contributed by atoms with Crippen LogP contribution in [0.2, 0.25) is 0 Å². The molecule has 1 aromatic rings. The largest absolute Gasteiger partial charge is 0.480 e. The number of halogens is 2. The van der Waals surface area contributed by atoms with Crippen LogP contribution in [-0.2, 0) is 16.0 Å². The van der Waals surface area contributed by atoms with Crippen molar-refractivity contribution in [3.05, 3.63) is 34.1 Å². The molecule has 1 N–H and O–H groups in total. The summed E-state index contributed by atoms with van der Waals surface area (Å²) in [6.07, 6.45) is 0.438. The van der Waals surface area contributed by atoms with E-state index in [1.165, 1.54) is 11.0 Å². The van der Waals surface area contributed by atoms with Crippen molar-refractivity contribution >= 4 is 27.8 Å². The number of hydrogen-bond acceptors (Lipinski definition) is 2. The number of rotatable bonds is 6. The van der Waals surface area contributed by atoms with Crippen LogP contribution in [0.1, 0.15) is 19.4 Å². The van der Waals surface area contributed by atoms with E-state index >= 15 is 0 Å². The monoisotopic (exact) mass is 345 g/mol. The number of carbonyl (C=O) groups is 2. The van der Waals surface area contributed by atoms with Gasteiger partial charge in [-0.3, -0.25) is 9.59 Å². The van der Waals surface area contributed by atoms with Crippen molar-refractivity contribution < 1.29 is 19.1 Å². The molecule has 1 unspecified atom stereocenters. The maximum absolute atomic E-state index is 13.1. The van der Waals surface area contributed by atoms with Gasteiger partial charge in [-0.15, -0.1) is 0 Å². The van der Waals surface area contributed by atoms with Gasteiger partial charge in [0.05, 0.1) is 4.47 Å². The fraction of sp³-hybridized carbons (Fsp3) is 0.429. The average Bonchev–Trinajstić information content (AvgIpc) is 2.39. The Morgan fingerprint density at radius 3 is 2.60 bits per heavy atom. The molecule has 0 aromatic heterocycles. The van der Waals surface area contributed by atoms with Gasteiger partial charge in [0.25, 0.3) is 0 Å². The topological polar surface area (TPSA) is 57.6 Å². The Kier molecular flexibility index (Phi) is 6.13. The molecule has 1 amide bonds. The second-order valence-electron chi connectivity index (χ2n) is 4.60. The molecule has 110 valence electrons. The number of aliphatic carboxylic acids is 1. The van der Waals surface area contributed by atoms with E-state index in [4.69, 9.17) is 5.11 Å². The molecule has 0 aliphatic heterocycles. The molecular weight excluding hydrogens is 329 g/mol. The Morgan fingerprint density at radius 2 is 2.10 bits per heavy atom. The molecule has 1 atom stereocenters. The average molecular weight is 346 g/mol. The van der Waals surface area contributed by atoms with Crippen molar-refractivity contribution in [1.29, 1.82) is 0 Å². The lowest BCUT2D eigenvalue weighted by Crippen LogP contribution is -2.39. The van der Waals surface area contributed by atoms with E-state index in [9.17, 15) is 14.0 Å². The van der Waals surface area contributed by atoms with E-state index in [1.807, 2.05) is 0 Å². The molecular formula is C14H17BrFNO3. The summed E-state index contributed by atoms with van der Waals surface area (Å²) in [5, 5.41) is 8.76. The van der Waals surface area contributed by atoms with Gasteiger partial charge in [0.2, 0.25) is 5.91 Å². The highest BCUT2D eigenvalue weighted by Gasteiger charge is 2.21. The van der Waals surface area contributed by atoms with Gasteiger partial charge in [0, 0.05) is 12.5 Å². The quantitative estimate of drug-likeness (QED) is 0.862. The van der Waals surface area contributed by atoms with E-state index in [0.29, 0.717) is 17.4 Å². The summed E-state index contributed by atoms with van der Waals surface area (Å²) in [5.74, 6) is -1.95.